The van der Waals surface area contributed by atoms with Crippen LogP contribution < -0.4 is 10.6 Å². The molecule has 0 amide bonds. The molecule has 0 saturated heterocycles. The van der Waals surface area contributed by atoms with E-state index < -0.39 is 12.0 Å². The number of nitrogens with one attached hydrogen (secondary N) is 3. The summed E-state index contributed by atoms with van der Waals surface area (Å²) in [6.07, 6.45) is -1.35. The van der Waals surface area contributed by atoms with Crippen molar-refractivity contribution in [2.75, 3.05) is 6.67 Å². The Bertz CT molecular complexity index is 908. The van der Waals surface area contributed by atoms with Crippen molar-refractivity contribution in [2.24, 2.45) is 0 Å². The number of imidazole rings is 1. The lowest BCUT2D eigenvalue weighted by Gasteiger charge is -2.03. The Morgan fingerprint density at radius 3 is 2.64 bits per heavy atom. The van der Waals surface area contributed by atoms with Crippen molar-refractivity contribution in [3.63, 3.8) is 0 Å². The summed E-state index contributed by atoms with van der Waals surface area (Å²) >= 11 is 0. The fourth-order valence-corrected chi connectivity index (χ4v) is 2.28. The predicted octanol–water partition coefficient (Wildman–Crippen LogP) is 2.01. The highest BCUT2D eigenvalue weighted by atomic mass is 19.4. The monoisotopic (exact) mass is 352 g/mol. The number of hydrogen-bond acceptors (Lipinski definition) is 6. The van der Waals surface area contributed by atoms with Crippen LogP contribution in [0.25, 0.3) is 22.9 Å². The van der Waals surface area contributed by atoms with E-state index in [1.807, 2.05) is 18.9 Å². The van der Waals surface area contributed by atoms with Crippen molar-refractivity contribution >= 4 is 11.3 Å². The van der Waals surface area contributed by atoms with Crippen LogP contribution in [0.2, 0.25) is 0 Å². The average molecular weight is 352 g/mol. The highest BCUT2D eigenvalue weighted by Crippen LogP contribution is 2.30. The zero-order valence-corrected chi connectivity index (χ0v) is 13.4. The molecule has 11 heteroatoms. The number of hydrogen-bond donors (Lipinski definition) is 3. The summed E-state index contributed by atoms with van der Waals surface area (Å²) < 4.78 is 39.7. The second-order valence-electron chi connectivity index (χ2n) is 4.72. The first-order chi connectivity index (χ1) is 12.0. The van der Waals surface area contributed by atoms with Crippen LogP contribution in [-0.4, -0.2) is 36.4 Å². The van der Waals surface area contributed by atoms with Crippen molar-refractivity contribution in [2.45, 2.75) is 20.0 Å². The summed E-state index contributed by atoms with van der Waals surface area (Å²) in [5.74, 6) is -1.32. The Kier molecular flexibility index (Phi) is 4.30. The van der Waals surface area contributed by atoms with Crippen LogP contribution in [0.4, 0.5) is 13.2 Å². The Hall–Kier alpha value is -3.11. The fraction of sp³-hybridized carbons (Fsp3) is 0.286. The molecule has 0 atom stereocenters. The molecular formula is C14H15F3N8. The first kappa shape index (κ1) is 16.7. The van der Waals surface area contributed by atoms with Gasteiger partial charge in [-0.05, 0) is 12.1 Å². The Morgan fingerprint density at radius 1 is 1.20 bits per heavy atom. The van der Waals surface area contributed by atoms with Gasteiger partial charge in [0, 0.05) is 12.4 Å². The number of halogens is 3. The predicted molar refractivity (Wildman–Crippen MR) is 83.8 cm³/mol. The molecule has 1 aliphatic heterocycles. The lowest BCUT2D eigenvalue weighted by atomic mass is 10.2. The maximum atomic E-state index is 12.7. The van der Waals surface area contributed by atoms with Gasteiger partial charge in [-0.25, -0.2) is 14.5 Å². The van der Waals surface area contributed by atoms with Gasteiger partial charge in [0.2, 0.25) is 11.6 Å². The van der Waals surface area contributed by atoms with E-state index in [0.29, 0.717) is 23.7 Å². The summed E-state index contributed by atoms with van der Waals surface area (Å²) in [6, 6.07) is 3.38. The number of aromatic nitrogens is 6. The first-order valence-corrected chi connectivity index (χ1v) is 7.55. The average Bonchev–Trinajstić information content (AvgIpc) is 3.33. The number of fused-ring (bicyclic) bond motifs is 1. The SMILES string of the molecule is CC.FC(F)(F)c1nc(-c2nc3cccnn3c2C2=CNCN2)n[nH]1. The summed E-state index contributed by atoms with van der Waals surface area (Å²) in [7, 11) is 0. The molecule has 25 heavy (non-hydrogen) atoms. The largest absolute Gasteiger partial charge is 0.451 e. The maximum absolute atomic E-state index is 12.7. The summed E-state index contributed by atoms with van der Waals surface area (Å²) in [5.41, 5.74) is 1.81. The zero-order valence-electron chi connectivity index (χ0n) is 13.4. The molecular weight excluding hydrogens is 337 g/mol. The molecule has 3 aromatic rings. The summed E-state index contributed by atoms with van der Waals surface area (Å²) in [5, 5.41) is 15.7. The van der Waals surface area contributed by atoms with Gasteiger partial charge in [-0.2, -0.15) is 23.4 Å². The third-order valence-corrected chi connectivity index (χ3v) is 3.24. The van der Waals surface area contributed by atoms with Gasteiger partial charge in [0.15, 0.2) is 5.65 Å². The highest BCUT2D eigenvalue weighted by Gasteiger charge is 2.36. The lowest BCUT2D eigenvalue weighted by Crippen LogP contribution is -2.15. The van der Waals surface area contributed by atoms with E-state index in [-0.39, 0.29) is 11.5 Å². The quantitative estimate of drug-likeness (QED) is 0.653. The molecule has 0 saturated carbocycles. The molecule has 4 heterocycles. The van der Waals surface area contributed by atoms with Crippen LogP contribution >= 0.6 is 0 Å². The van der Waals surface area contributed by atoms with Crippen LogP contribution in [-0.2, 0) is 6.18 Å². The van der Waals surface area contributed by atoms with Gasteiger partial charge in [0.05, 0.1) is 12.4 Å². The lowest BCUT2D eigenvalue weighted by molar-refractivity contribution is -0.144. The molecule has 0 aromatic carbocycles. The Labute approximate surface area is 140 Å². The minimum Gasteiger partial charge on any atom is -0.372 e. The van der Waals surface area contributed by atoms with Crippen molar-refractivity contribution < 1.29 is 13.2 Å². The number of rotatable bonds is 2. The highest BCUT2D eigenvalue weighted by molar-refractivity contribution is 5.77. The van der Waals surface area contributed by atoms with Gasteiger partial charge >= 0.3 is 6.18 Å². The smallest absolute Gasteiger partial charge is 0.372 e. The zero-order chi connectivity index (χ0) is 18.0. The van der Waals surface area contributed by atoms with Gasteiger partial charge < -0.3 is 10.6 Å². The van der Waals surface area contributed by atoms with Crippen molar-refractivity contribution in [1.29, 1.82) is 0 Å². The minimum absolute atomic E-state index is 0.146. The van der Waals surface area contributed by atoms with Gasteiger partial charge in [0.25, 0.3) is 0 Å². The van der Waals surface area contributed by atoms with E-state index >= 15 is 0 Å². The van der Waals surface area contributed by atoms with Crippen LogP contribution in [0.1, 0.15) is 25.4 Å². The van der Waals surface area contributed by atoms with Gasteiger partial charge in [-0.1, -0.05) is 13.8 Å². The molecule has 1 aliphatic rings. The van der Waals surface area contributed by atoms with Crippen molar-refractivity contribution in [3.05, 3.63) is 36.0 Å². The standard InChI is InChI=1S/C12H9F3N8.C2H6/c13-12(14,15)11-20-10(21-22-11)8-9(6-4-16-5-17-6)23-7(19-8)2-1-3-18-23;1-2/h1-4,16-17H,5H2,(H,20,21,22);1-2H3. The summed E-state index contributed by atoms with van der Waals surface area (Å²) in [6.45, 7) is 4.50. The molecule has 0 radical (unpaired) electrons. The second kappa shape index (κ2) is 6.42. The molecule has 0 spiro atoms. The molecule has 0 bridgehead atoms. The van der Waals surface area contributed by atoms with Gasteiger partial charge in [0.1, 0.15) is 11.4 Å². The number of H-pyrrole nitrogens is 1. The number of alkyl halides is 3. The van der Waals surface area contributed by atoms with E-state index in [9.17, 15) is 13.2 Å². The third-order valence-electron chi connectivity index (χ3n) is 3.24. The van der Waals surface area contributed by atoms with Crippen LogP contribution in [0.3, 0.4) is 0 Å². The van der Waals surface area contributed by atoms with E-state index in [1.54, 1.807) is 24.5 Å². The van der Waals surface area contributed by atoms with Gasteiger partial charge in [-0.15, -0.1) is 0 Å². The molecule has 132 valence electrons. The number of nitrogens with zero attached hydrogens (tertiary/aromatic N) is 5. The Morgan fingerprint density at radius 2 is 2.00 bits per heavy atom. The van der Waals surface area contributed by atoms with Crippen LogP contribution in [0, 0.1) is 0 Å². The molecule has 8 nitrogen and oxygen atoms in total. The van der Waals surface area contributed by atoms with Crippen LogP contribution in [0.5, 0.6) is 0 Å². The second-order valence-corrected chi connectivity index (χ2v) is 4.72. The van der Waals surface area contributed by atoms with E-state index in [1.165, 1.54) is 4.52 Å². The Balaban J connectivity index is 0.000000880. The fourth-order valence-electron chi connectivity index (χ4n) is 2.28. The molecule has 3 N–H and O–H groups in total. The number of aromatic amines is 1. The third kappa shape index (κ3) is 2.99. The van der Waals surface area contributed by atoms with E-state index in [0.717, 1.165) is 0 Å². The molecule has 4 rings (SSSR count). The van der Waals surface area contributed by atoms with E-state index in [4.69, 9.17) is 0 Å². The van der Waals surface area contributed by atoms with E-state index in [2.05, 4.69) is 30.8 Å². The molecule has 0 fully saturated rings. The van der Waals surface area contributed by atoms with Gasteiger partial charge in [-0.3, -0.25) is 5.10 Å². The topological polar surface area (TPSA) is 95.8 Å². The van der Waals surface area contributed by atoms with Crippen molar-refractivity contribution in [1.82, 2.24) is 40.4 Å². The van der Waals surface area contributed by atoms with Crippen LogP contribution in [0.15, 0.2) is 24.5 Å². The van der Waals surface area contributed by atoms with Crippen molar-refractivity contribution in [3.8, 4) is 11.5 Å². The maximum Gasteiger partial charge on any atom is 0.451 e. The first-order valence-electron chi connectivity index (χ1n) is 7.55. The molecule has 3 aromatic heterocycles. The minimum atomic E-state index is -4.60. The molecule has 0 unspecified atom stereocenters. The normalized spacial score (nSPS) is 13.7. The molecule has 0 aliphatic carbocycles. The summed E-state index contributed by atoms with van der Waals surface area (Å²) in [4.78, 5) is 7.81.